The average molecular weight is 332 g/mol. The third-order valence-corrected chi connectivity index (χ3v) is 4.74. The van der Waals surface area contributed by atoms with Gasteiger partial charge in [0.1, 0.15) is 0 Å². The van der Waals surface area contributed by atoms with E-state index in [9.17, 15) is 18.4 Å². The molecule has 0 aromatic heterocycles. The predicted octanol–water partition coefficient (Wildman–Crippen LogP) is 0.0294. The monoisotopic (exact) mass is 332 g/mol. The molecule has 0 aromatic rings. The summed E-state index contributed by atoms with van der Waals surface area (Å²) in [5.74, 6) is -4.22. The third kappa shape index (κ3) is 4.60. The van der Waals surface area contributed by atoms with Crippen LogP contribution in [0.5, 0.6) is 0 Å². The van der Waals surface area contributed by atoms with E-state index >= 15 is 0 Å². The second-order valence-electron chi connectivity index (χ2n) is 6.40. The first-order valence-corrected chi connectivity index (χ1v) is 8.23. The highest BCUT2D eigenvalue weighted by Gasteiger charge is 2.38. The number of hydrogen-bond donors (Lipinski definition) is 2. The minimum absolute atomic E-state index is 0.0707. The average Bonchev–Trinajstić information content (AvgIpc) is 3.12. The number of carbonyl (C=O) groups excluding carboxylic acids is 2. The fraction of sp³-hybridized carbons (Fsp3) is 0.867. The summed E-state index contributed by atoms with van der Waals surface area (Å²) in [4.78, 5) is 28.1. The standard InChI is InChI=1S/C15H26F2N4O2/c1-2-20-5-3-4-12(20)8-21-7-11(6-13(21)22)14(23)19-10-15(16,17)9-18/h11-12H,2-10,18H2,1H3,(H,19,23). The molecule has 2 aliphatic heterocycles. The van der Waals surface area contributed by atoms with Crippen molar-refractivity contribution < 1.29 is 18.4 Å². The van der Waals surface area contributed by atoms with Gasteiger partial charge in [0.25, 0.3) is 5.92 Å². The Labute approximate surface area is 135 Å². The summed E-state index contributed by atoms with van der Waals surface area (Å²) >= 11 is 0. The van der Waals surface area contributed by atoms with Gasteiger partial charge in [-0.1, -0.05) is 6.92 Å². The number of halogens is 2. The number of nitrogens with two attached hydrogens (primary N) is 1. The zero-order valence-corrected chi connectivity index (χ0v) is 13.6. The summed E-state index contributed by atoms with van der Waals surface area (Å²) in [7, 11) is 0. The van der Waals surface area contributed by atoms with Gasteiger partial charge in [-0.15, -0.1) is 0 Å². The van der Waals surface area contributed by atoms with Crippen LogP contribution in [0.15, 0.2) is 0 Å². The molecule has 2 saturated heterocycles. The summed E-state index contributed by atoms with van der Waals surface area (Å²) in [5.41, 5.74) is 4.94. The van der Waals surface area contributed by atoms with Gasteiger partial charge >= 0.3 is 0 Å². The Morgan fingerprint density at radius 3 is 2.87 bits per heavy atom. The van der Waals surface area contributed by atoms with E-state index in [1.807, 2.05) is 0 Å². The first-order chi connectivity index (χ1) is 10.9. The van der Waals surface area contributed by atoms with Gasteiger partial charge in [-0.05, 0) is 25.9 Å². The highest BCUT2D eigenvalue weighted by atomic mass is 19.3. The van der Waals surface area contributed by atoms with Gasteiger partial charge < -0.3 is 16.0 Å². The Bertz CT molecular complexity index is 447. The lowest BCUT2D eigenvalue weighted by Crippen LogP contribution is -2.44. The van der Waals surface area contributed by atoms with Crippen molar-refractivity contribution in [1.82, 2.24) is 15.1 Å². The van der Waals surface area contributed by atoms with Gasteiger partial charge in [0.2, 0.25) is 11.8 Å². The molecule has 0 aromatic carbocycles. The van der Waals surface area contributed by atoms with Crippen molar-refractivity contribution in [2.24, 2.45) is 11.7 Å². The Kier molecular flexibility index (Phi) is 5.91. The van der Waals surface area contributed by atoms with Crippen LogP contribution in [0.4, 0.5) is 8.78 Å². The summed E-state index contributed by atoms with van der Waals surface area (Å²) in [6, 6.07) is 0.340. The molecule has 0 bridgehead atoms. The van der Waals surface area contributed by atoms with Crippen molar-refractivity contribution >= 4 is 11.8 Å². The van der Waals surface area contributed by atoms with Crippen LogP contribution in [0.25, 0.3) is 0 Å². The van der Waals surface area contributed by atoms with E-state index in [4.69, 9.17) is 5.73 Å². The summed E-state index contributed by atoms with van der Waals surface area (Å²) in [5, 5.41) is 2.21. The molecular formula is C15H26F2N4O2. The number of alkyl halides is 2. The molecule has 2 fully saturated rings. The van der Waals surface area contributed by atoms with Crippen LogP contribution in [-0.4, -0.2) is 72.8 Å². The first-order valence-electron chi connectivity index (χ1n) is 8.23. The molecule has 6 nitrogen and oxygen atoms in total. The molecule has 2 rings (SSSR count). The zero-order chi connectivity index (χ0) is 17.0. The Hall–Kier alpha value is -1.28. The van der Waals surface area contributed by atoms with E-state index < -0.39 is 30.8 Å². The SMILES string of the molecule is CCN1CCCC1CN1CC(C(=O)NCC(F)(F)CN)CC1=O. The maximum Gasteiger partial charge on any atom is 0.277 e. The molecule has 2 amide bonds. The maximum atomic E-state index is 13.1. The van der Waals surface area contributed by atoms with Gasteiger partial charge in [-0.2, -0.15) is 0 Å². The topological polar surface area (TPSA) is 78.7 Å². The molecule has 2 heterocycles. The van der Waals surface area contributed by atoms with E-state index in [0.717, 1.165) is 25.9 Å². The highest BCUT2D eigenvalue weighted by Crippen LogP contribution is 2.23. The molecule has 0 radical (unpaired) electrons. The number of rotatable bonds is 7. The van der Waals surface area contributed by atoms with Crippen molar-refractivity contribution in [1.29, 1.82) is 0 Å². The molecule has 132 valence electrons. The second-order valence-corrected chi connectivity index (χ2v) is 6.40. The summed E-state index contributed by atoms with van der Waals surface area (Å²) in [6.45, 7) is 3.43. The Morgan fingerprint density at radius 1 is 1.48 bits per heavy atom. The van der Waals surface area contributed by atoms with Gasteiger partial charge in [0.15, 0.2) is 0 Å². The summed E-state index contributed by atoms with van der Waals surface area (Å²) in [6.07, 6.45) is 2.27. The van der Waals surface area contributed by atoms with Crippen LogP contribution in [0.3, 0.4) is 0 Å². The molecule has 0 saturated carbocycles. The minimum atomic E-state index is -3.11. The number of carbonyl (C=O) groups is 2. The molecule has 2 atom stereocenters. The highest BCUT2D eigenvalue weighted by molar-refractivity contribution is 5.89. The number of likely N-dealkylation sites (N-methyl/N-ethyl adjacent to an activating group) is 1. The smallest absolute Gasteiger partial charge is 0.277 e. The lowest BCUT2D eigenvalue weighted by Gasteiger charge is -2.27. The fourth-order valence-electron chi connectivity index (χ4n) is 3.33. The van der Waals surface area contributed by atoms with Crippen LogP contribution in [-0.2, 0) is 9.59 Å². The number of amides is 2. The van der Waals surface area contributed by atoms with Gasteiger partial charge in [-0.3, -0.25) is 14.5 Å². The minimum Gasteiger partial charge on any atom is -0.350 e. The third-order valence-electron chi connectivity index (χ3n) is 4.74. The number of likely N-dealkylation sites (tertiary alicyclic amines) is 2. The molecule has 8 heteroatoms. The van der Waals surface area contributed by atoms with Gasteiger partial charge in [-0.25, -0.2) is 8.78 Å². The molecular weight excluding hydrogens is 306 g/mol. The molecule has 23 heavy (non-hydrogen) atoms. The Balaban J connectivity index is 1.83. The second kappa shape index (κ2) is 7.53. The van der Waals surface area contributed by atoms with Crippen LogP contribution in [0.1, 0.15) is 26.2 Å². The first kappa shape index (κ1) is 18.1. The Morgan fingerprint density at radius 2 is 2.22 bits per heavy atom. The fourth-order valence-corrected chi connectivity index (χ4v) is 3.33. The van der Waals surface area contributed by atoms with E-state index in [0.29, 0.717) is 19.1 Å². The number of hydrogen-bond acceptors (Lipinski definition) is 4. The van der Waals surface area contributed by atoms with E-state index in [2.05, 4.69) is 17.1 Å². The van der Waals surface area contributed by atoms with E-state index in [-0.39, 0.29) is 12.3 Å². The van der Waals surface area contributed by atoms with Crippen molar-refractivity contribution in [3.05, 3.63) is 0 Å². The maximum absolute atomic E-state index is 13.1. The predicted molar refractivity (Wildman–Crippen MR) is 82.0 cm³/mol. The molecule has 0 spiro atoms. The van der Waals surface area contributed by atoms with Gasteiger partial charge in [0.05, 0.1) is 19.0 Å². The lowest BCUT2D eigenvalue weighted by atomic mass is 10.1. The van der Waals surface area contributed by atoms with Crippen LogP contribution >= 0.6 is 0 Å². The lowest BCUT2D eigenvalue weighted by molar-refractivity contribution is -0.129. The molecule has 3 N–H and O–H groups in total. The number of nitrogens with one attached hydrogen (secondary N) is 1. The largest absolute Gasteiger partial charge is 0.350 e. The molecule has 2 unspecified atom stereocenters. The molecule has 2 aliphatic rings. The van der Waals surface area contributed by atoms with E-state index in [1.54, 1.807) is 4.90 Å². The van der Waals surface area contributed by atoms with Gasteiger partial charge in [0, 0.05) is 25.6 Å². The van der Waals surface area contributed by atoms with Crippen LogP contribution < -0.4 is 11.1 Å². The van der Waals surface area contributed by atoms with Crippen molar-refractivity contribution in [2.75, 3.05) is 39.3 Å². The van der Waals surface area contributed by atoms with Crippen LogP contribution in [0.2, 0.25) is 0 Å². The van der Waals surface area contributed by atoms with Crippen molar-refractivity contribution in [2.45, 2.75) is 38.2 Å². The zero-order valence-electron chi connectivity index (χ0n) is 13.6. The quantitative estimate of drug-likeness (QED) is 0.689. The van der Waals surface area contributed by atoms with Crippen molar-refractivity contribution in [3.8, 4) is 0 Å². The van der Waals surface area contributed by atoms with Crippen LogP contribution in [0, 0.1) is 5.92 Å². The van der Waals surface area contributed by atoms with Crippen molar-refractivity contribution in [3.63, 3.8) is 0 Å². The normalized spacial score (nSPS) is 26.1. The number of nitrogens with zero attached hydrogens (tertiary/aromatic N) is 2. The van der Waals surface area contributed by atoms with E-state index in [1.165, 1.54) is 0 Å². The summed E-state index contributed by atoms with van der Waals surface area (Å²) < 4.78 is 26.2. The molecule has 0 aliphatic carbocycles.